The smallest absolute Gasteiger partial charge is 0.273 e. The molecule has 1 aliphatic heterocycles. The van der Waals surface area contributed by atoms with Crippen LogP contribution in [0.5, 0.6) is 0 Å². The molecule has 1 N–H and O–H groups in total. The Morgan fingerprint density at radius 3 is 2.78 bits per heavy atom. The Labute approximate surface area is 157 Å². The van der Waals surface area contributed by atoms with Crippen LogP contribution < -0.4 is 5.56 Å². The third-order valence-corrected chi connectivity index (χ3v) is 5.74. The average Bonchev–Trinajstić information content (AvgIpc) is 2.68. The predicted octanol–water partition coefficient (Wildman–Crippen LogP) is 3.28. The van der Waals surface area contributed by atoms with Crippen molar-refractivity contribution in [1.29, 1.82) is 0 Å². The fraction of sp³-hybridized carbons (Fsp3) is 0.500. The zero-order chi connectivity index (χ0) is 18.8. The highest BCUT2D eigenvalue weighted by Gasteiger charge is 2.25. The van der Waals surface area contributed by atoms with E-state index in [1.54, 1.807) is 12.1 Å². The van der Waals surface area contributed by atoms with Gasteiger partial charge in [-0.3, -0.25) is 19.8 Å². The standard InChI is InChI=1S/C20H24N4O3/c25-20-16-10-11-23(12-15-8-4-5-9-18(15)24(26)27)13-17(16)21-19(22-20)14-6-2-1-3-7-14/h4-5,8-9,14H,1-3,6-7,10-13H2,(H,21,22,25). The minimum Gasteiger partial charge on any atom is -0.310 e. The summed E-state index contributed by atoms with van der Waals surface area (Å²) in [5, 5.41) is 11.3. The van der Waals surface area contributed by atoms with Gasteiger partial charge in [-0.1, -0.05) is 37.5 Å². The lowest BCUT2D eigenvalue weighted by molar-refractivity contribution is -0.385. The van der Waals surface area contributed by atoms with Gasteiger partial charge < -0.3 is 4.98 Å². The number of para-hydroxylation sites is 1. The van der Waals surface area contributed by atoms with Crippen LogP contribution in [0.15, 0.2) is 29.1 Å². The quantitative estimate of drug-likeness (QED) is 0.660. The molecule has 0 atom stereocenters. The maximum absolute atomic E-state index is 12.5. The van der Waals surface area contributed by atoms with Crippen molar-refractivity contribution in [3.63, 3.8) is 0 Å². The van der Waals surface area contributed by atoms with E-state index in [4.69, 9.17) is 4.98 Å². The maximum Gasteiger partial charge on any atom is 0.273 e. The van der Waals surface area contributed by atoms with Crippen LogP contribution in [0.1, 0.15) is 60.7 Å². The van der Waals surface area contributed by atoms with Gasteiger partial charge >= 0.3 is 0 Å². The van der Waals surface area contributed by atoms with Gasteiger partial charge in [0.05, 0.1) is 10.6 Å². The van der Waals surface area contributed by atoms with Crippen molar-refractivity contribution in [3.8, 4) is 0 Å². The third kappa shape index (κ3) is 3.78. The second-order valence-corrected chi connectivity index (χ2v) is 7.56. The van der Waals surface area contributed by atoms with E-state index in [9.17, 15) is 14.9 Å². The Bertz CT molecular complexity index is 902. The Morgan fingerprint density at radius 2 is 2.00 bits per heavy atom. The van der Waals surface area contributed by atoms with Gasteiger partial charge in [0.2, 0.25) is 0 Å². The fourth-order valence-electron chi connectivity index (χ4n) is 4.28. The summed E-state index contributed by atoms with van der Waals surface area (Å²) in [6.07, 6.45) is 6.44. The first-order valence-electron chi connectivity index (χ1n) is 9.68. The van der Waals surface area contributed by atoms with Crippen molar-refractivity contribution >= 4 is 5.69 Å². The molecule has 0 amide bonds. The lowest BCUT2D eigenvalue weighted by Crippen LogP contribution is -2.35. The largest absolute Gasteiger partial charge is 0.310 e. The van der Waals surface area contributed by atoms with E-state index < -0.39 is 0 Å². The van der Waals surface area contributed by atoms with Crippen molar-refractivity contribution in [1.82, 2.24) is 14.9 Å². The molecule has 2 heterocycles. The number of aromatic nitrogens is 2. The zero-order valence-corrected chi connectivity index (χ0v) is 15.3. The van der Waals surface area contributed by atoms with Crippen molar-refractivity contribution in [2.75, 3.05) is 6.54 Å². The minimum absolute atomic E-state index is 0.00841. The molecule has 1 aromatic heterocycles. The Hall–Kier alpha value is -2.54. The van der Waals surface area contributed by atoms with Crippen molar-refractivity contribution in [2.24, 2.45) is 0 Å². The monoisotopic (exact) mass is 368 g/mol. The van der Waals surface area contributed by atoms with Gasteiger partial charge in [-0.2, -0.15) is 0 Å². The molecule has 0 radical (unpaired) electrons. The van der Waals surface area contributed by atoms with E-state index in [2.05, 4.69) is 9.88 Å². The number of nitro benzene ring substituents is 1. The first kappa shape index (κ1) is 17.9. The molecule has 1 aromatic carbocycles. The molecular formula is C20H24N4O3. The summed E-state index contributed by atoms with van der Waals surface area (Å²) in [5.41, 5.74) is 2.44. The number of hydrogen-bond acceptors (Lipinski definition) is 5. The Kier molecular flexibility index (Phi) is 5.03. The molecule has 142 valence electrons. The predicted molar refractivity (Wildman–Crippen MR) is 102 cm³/mol. The van der Waals surface area contributed by atoms with Crippen molar-refractivity contribution < 1.29 is 4.92 Å². The first-order valence-corrected chi connectivity index (χ1v) is 9.68. The van der Waals surface area contributed by atoms with Crippen LogP contribution in [0.25, 0.3) is 0 Å². The van der Waals surface area contributed by atoms with Crippen LogP contribution in [0.4, 0.5) is 5.69 Å². The number of hydrogen-bond donors (Lipinski definition) is 1. The highest BCUT2D eigenvalue weighted by atomic mass is 16.6. The van der Waals surface area contributed by atoms with E-state index in [-0.39, 0.29) is 16.2 Å². The van der Waals surface area contributed by atoms with Crippen molar-refractivity contribution in [2.45, 2.75) is 57.5 Å². The highest BCUT2D eigenvalue weighted by molar-refractivity contribution is 5.39. The van der Waals surface area contributed by atoms with Gasteiger partial charge in [-0.15, -0.1) is 0 Å². The van der Waals surface area contributed by atoms with Crippen LogP contribution >= 0.6 is 0 Å². The molecule has 7 heteroatoms. The highest BCUT2D eigenvalue weighted by Crippen LogP contribution is 2.31. The number of fused-ring (bicyclic) bond motifs is 1. The van der Waals surface area contributed by atoms with Crippen LogP contribution in [-0.2, 0) is 19.5 Å². The Balaban J connectivity index is 1.56. The molecular weight excluding hydrogens is 344 g/mol. The molecule has 4 rings (SSSR count). The van der Waals surface area contributed by atoms with E-state index in [0.29, 0.717) is 37.5 Å². The van der Waals surface area contributed by atoms with Crippen LogP contribution in [0, 0.1) is 10.1 Å². The number of rotatable bonds is 4. The van der Waals surface area contributed by atoms with Gasteiger partial charge in [0.15, 0.2) is 0 Å². The summed E-state index contributed by atoms with van der Waals surface area (Å²) in [6.45, 7) is 1.75. The SMILES string of the molecule is O=c1[nH]c(C2CCCCC2)nc2c1CCN(Cc1ccccc1[N+](=O)[O-])C2. The van der Waals surface area contributed by atoms with E-state index >= 15 is 0 Å². The molecule has 0 unspecified atom stereocenters. The summed E-state index contributed by atoms with van der Waals surface area (Å²) in [6, 6.07) is 6.85. The second-order valence-electron chi connectivity index (χ2n) is 7.56. The van der Waals surface area contributed by atoms with Crippen LogP contribution in [-0.4, -0.2) is 26.3 Å². The number of aromatic amines is 1. The normalized spacial score (nSPS) is 18.2. The van der Waals surface area contributed by atoms with Gasteiger partial charge in [0, 0.05) is 42.7 Å². The van der Waals surface area contributed by atoms with E-state index in [1.165, 1.54) is 25.3 Å². The lowest BCUT2D eigenvalue weighted by atomic mass is 9.88. The van der Waals surface area contributed by atoms with E-state index in [0.717, 1.165) is 29.9 Å². The van der Waals surface area contributed by atoms with Gasteiger partial charge in [-0.05, 0) is 19.3 Å². The summed E-state index contributed by atoms with van der Waals surface area (Å²) >= 11 is 0. The zero-order valence-electron chi connectivity index (χ0n) is 15.3. The first-order chi connectivity index (χ1) is 13.1. The van der Waals surface area contributed by atoms with Crippen LogP contribution in [0.2, 0.25) is 0 Å². The number of H-pyrrole nitrogens is 1. The topological polar surface area (TPSA) is 92.1 Å². The summed E-state index contributed by atoms with van der Waals surface area (Å²) in [4.78, 5) is 33.4. The molecule has 2 aromatic rings. The van der Waals surface area contributed by atoms with Gasteiger partial charge in [0.1, 0.15) is 5.82 Å². The second kappa shape index (κ2) is 7.60. The Morgan fingerprint density at radius 1 is 1.22 bits per heavy atom. The third-order valence-electron chi connectivity index (χ3n) is 5.74. The fourth-order valence-corrected chi connectivity index (χ4v) is 4.28. The van der Waals surface area contributed by atoms with Crippen molar-refractivity contribution in [3.05, 3.63) is 67.4 Å². The summed E-state index contributed by atoms with van der Waals surface area (Å²) in [5.74, 6) is 1.17. The number of nitrogens with zero attached hydrogens (tertiary/aromatic N) is 3. The number of nitro groups is 1. The summed E-state index contributed by atoms with van der Waals surface area (Å²) in [7, 11) is 0. The molecule has 0 spiro atoms. The number of benzene rings is 1. The molecule has 1 fully saturated rings. The molecule has 7 nitrogen and oxygen atoms in total. The average molecular weight is 368 g/mol. The van der Waals surface area contributed by atoms with Gasteiger partial charge in [-0.25, -0.2) is 4.98 Å². The molecule has 0 saturated heterocycles. The summed E-state index contributed by atoms with van der Waals surface area (Å²) < 4.78 is 0. The number of nitrogens with one attached hydrogen (secondary N) is 1. The molecule has 1 aliphatic carbocycles. The lowest BCUT2D eigenvalue weighted by Gasteiger charge is -2.28. The van der Waals surface area contributed by atoms with E-state index in [1.807, 2.05) is 6.07 Å². The molecule has 2 aliphatic rings. The maximum atomic E-state index is 12.5. The molecule has 1 saturated carbocycles. The molecule has 27 heavy (non-hydrogen) atoms. The van der Waals surface area contributed by atoms with Crippen LogP contribution in [0.3, 0.4) is 0 Å². The minimum atomic E-state index is -0.336. The molecule has 0 bridgehead atoms. The van der Waals surface area contributed by atoms with Gasteiger partial charge in [0.25, 0.3) is 11.2 Å².